The van der Waals surface area contributed by atoms with Gasteiger partial charge in [0.1, 0.15) is 0 Å². The number of rotatable bonds is 6. The van der Waals surface area contributed by atoms with Crippen LogP contribution in [0.2, 0.25) is 5.02 Å². The molecule has 1 aromatic rings. The predicted molar refractivity (Wildman–Crippen MR) is 75.4 cm³/mol. The average Bonchev–Trinajstić information content (AvgIpc) is 2.35. The highest BCUT2D eigenvalue weighted by atomic mass is 35.5. The highest BCUT2D eigenvalue weighted by molar-refractivity contribution is 6.31. The van der Waals surface area contributed by atoms with Crippen molar-refractivity contribution in [1.29, 1.82) is 0 Å². The van der Waals surface area contributed by atoms with E-state index in [0.717, 1.165) is 12.0 Å². The number of amides is 1. The van der Waals surface area contributed by atoms with E-state index in [4.69, 9.17) is 17.3 Å². The number of nitrogens with two attached hydrogens (primary N) is 1. The van der Waals surface area contributed by atoms with Crippen molar-refractivity contribution < 1.29 is 4.79 Å². The third-order valence-electron chi connectivity index (χ3n) is 2.87. The molecule has 0 spiro atoms. The first kappa shape index (κ1) is 15.0. The molecule has 0 aliphatic carbocycles. The molecule has 3 nitrogen and oxygen atoms in total. The second kappa shape index (κ2) is 7.39. The normalized spacial score (nSPS) is 12.2. The van der Waals surface area contributed by atoms with Gasteiger partial charge in [-0.2, -0.15) is 0 Å². The summed E-state index contributed by atoms with van der Waals surface area (Å²) in [5.74, 6) is 0.134. The van der Waals surface area contributed by atoms with Gasteiger partial charge in [0.2, 0.25) is 5.91 Å². The molecule has 2 N–H and O–H groups in total. The van der Waals surface area contributed by atoms with E-state index >= 15 is 0 Å². The summed E-state index contributed by atoms with van der Waals surface area (Å²) in [6.07, 6.45) is 1.22. The summed E-state index contributed by atoms with van der Waals surface area (Å²) in [7, 11) is 0. The topological polar surface area (TPSA) is 46.3 Å². The molecular weight excluding hydrogens is 248 g/mol. The summed E-state index contributed by atoms with van der Waals surface area (Å²) < 4.78 is 0. The first-order valence-corrected chi connectivity index (χ1v) is 6.69. The van der Waals surface area contributed by atoms with Crippen LogP contribution in [0.15, 0.2) is 24.3 Å². The van der Waals surface area contributed by atoms with Gasteiger partial charge in [0, 0.05) is 30.6 Å². The van der Waals surface area contributed by atoms with Gasteiger partial charge in [0.25, 0.3) is 0 Å². The molecular formula is C14H21ClN2O. The van der Waals surface area contributed by atoms with Gasteiger partial charge in [0.05, 0.1) is 0 Å². The second-order valence-corrected chi connectivity index (χ2v) is 4.92. The first-order valence-electron chi connectivity index (χ1n) is 6.31. The molecule has 1 amide bonds. The average molecular weight is 269 g/mol. The second-order valence-electron chi connectivity index (χ2n) is 4.52. The number of benzene rings is 1. The Hall–Kier alpha value is -1.06. The van der Waals surface area contributed by atoms with Crippen LogP contribution >= 0.6 is 11.6 Å². The number of halogens is 1. The van der Waals surface area contributed by atoms with E-state index in [0.29, 0.717) is 24.5 Å². The van der Waals surface area contributed by atoms with Gasteiger partial charge in [-0.15, -0.1) is 0 Å². The van der Waals surface area contributed by atoms with E-state index in [1.165, 1.54) is 0 Å². The van der Waals surface area contributed by atoms with Crippen LogP contribution in [-0.4, -0.2) is 23.4 Å². The molecule has 0 bridgehead atoms. The molecule has 0 aromatic heterocycles. The van der Waals surface area contributed by atoms with Gasteiger partial charge in [-0.3, -0.25) is 4.79 Å². The minimum absolute atomic E-state index is 0.0629. The Morgan fingerprint density at radius 3 is 2.67 bits per heavy atom. The van der Waals surface area contributed by atoms with Crippen LogP contribution in [0.25, 0.3) is 0 Å². The zero-order valence-corrected chi connectivity index (χ0v) is 11.8. The van der Waals surface area contributed by atoms with E-state index in [1.54, 1.807) is 0 Å². The molecule has 100 valence electrons. The van der Waals surface area contributed by atoms with Crippen molar-refractivity contribution >= 4 is 17.5 Å². The monoisotopic (exact) mass is 268 g/mol. The van der Waals surface area contributed by atoms with Gasteiger partial charge in [0.15, 0.2) is 0 Å². The maximum Gasteiger partial charge on any atom is 0.222 e. The Balaban J connectivity index is 2.62. The first-order chi connectivity index (χ1) is 8.54. The zero-order chi connectivity index (χ0) is 13.5. The molecule has 0 saturated carbocycles. The van der Waals surface area contributed by atoms with Crippen molar-refractivity contribution in [2.24, 2.45) is 5.73 Å². The Morgan fingerprint density at radius 1 is 1.44 bits per heavy atom. The minimum atomic E-state index is 0.0629. The van der Waals surface area contributed by atoms with Crippen molar-refractivity contribution in [2.45, 2.75) is 39.3 Å². The molecule has 4 heteroatoms. The number of hydrogen-bond acceptors (Lipinski definition) is 2. The lowest BCUT2D eigenvalue weighted by atomic mass is 10.1. The molecule has 1 aromatic carbocycles. The van der Waals surface area contributed by atoms with Gasteiger partial charge in [-0.1, -0.05) is 29.8 Å². The lowest BCUT2D eigenvalue weighted by Gasteiger charge is -2.22. The summed E-state index contributed by atoms with van der Waals surface area (Å²) in [5.41, 5.74) is 6.65. The molecule has 18 heavy (non-hydrogen) atoms. The van der Waals surface area contributed by atoms with E-state index in [2.05, 4.69) is 0 Å². The smallest absolute Gasteiger partial charge is 0.222 e. The summed E-state index contributed by atoms with van der Waals surface area (Å²) in [4.78, 5) is 13.8. The van der Waals surface area contributed by atoms with Crippen LogP contribution in [0, 0.1) is 0 Å². The Labute approximate surface area is 114 Å². The Bertz CT molecular complexity index is 393. The Morgan fingerprint density at radius 2 is 2.11 bits per heavy atom. The maximum absolute atomic E-state index is 12.0. The molecule has 0 radical (unpaired) electrons. The molecule has 0 aliphatic heterocycles. The van der Waals surface area contributed by atoms with Gasteiger partial charge in [-0.25, -0.2) is 0 Å². The van der Waals surface area contributed by atoms with E-state index in [9.17, 15) is 4.79 Å². The third-order valence-corrected chi connectivity index (χ3v) is 3.24. The lowest BCUT2D eigenvalue weighted by Crippen LogP contribution is -2.31. The van der Waals surface area contributed by atoms with Crippen LogP contribution in [0.3, 0.4) is 0 Å². The van der Waals surface area contributed by atoms with Crippen molar-refractivity contribution in [3.05, 3.63) is 34.9 Å². The fourth-order valence-electron chi connectivity index (χ4n) is 1.72. The van der Waals surface area contributed by atoms with Gasteiger partial charge in [-0.05, 0) is 31.9 Å². The molecule has 0 heterocycles. The fourth-order valence-corrected chi connectivity index (χ4v) is 1.91. The fraction of sp³-hybridized carbons (Fsp3) is 0.500. The zero-order valence-electron chi connectivity index (χ0n) is 11.0. The Kier molecular flexibility index (Phi) is 6.16. The van der Waals surface area contributed by atoms with Crippen molar-refractivity contribution in [2.75, 3.05) is 6.54 Å². The summed E-state index contributed by atoms with van der Waals surface area (Å²) in [6, 6.07) is 7.68. The SMILES string of the molecule is CCN(Cc1ccccc1Cl)C(=O)CCC(C)N. The third kappa shape index (κ3) is 4.67. The maximum atomic E-state index is 12.0. The summed E-state index contributed by atoms with van der Waals surface area (Å²) in [5, 5.41) is 0.705. The molecule has 0 fully saturated rings. The van der Waals surface area contributed by atoms with Crippen molar-refractivity contribution in [3.63, 3.8) is 0 Å². The molecule has 1 atom stereocenters. The van der Waals surface area contributed by atoms with Crippen LogP contribution in [0.5, 0.6) is 0 Å². The minimum Gasteiger partial charge on any atom is -0.339 e. The summed E-state index contributed by atoms with van der Waals surface area (Å²) >= 11 is 6.10. The van der Waals surface area contributed by atoms with Crippen LogP contribution in [0.4, 0.5) is 0 Å². The number of carbonyl (C=O) groups is 1. The van der Waals surface area contributed by atoms with E-state index in [-0.39, 0.29) is 11.9 Å². The molecule has 1 unspecified atom stereocenters. The highest BCUT2D eigenvalue weighted by Gasteiger charge is 2.13. The highest BCUT2D eigenvalue weighted by Crippen LogP contribution is 2.17. The lowest BCUT2D eigenvalue weighted by molar-refractivity contribution is -0.131. The predicted octanol–water partition coefficient (Wildman–Crippen LogP) is 2.82. The molecule has 0 aliphatic rings. The van der Waals surface area contributed by atoms with Crippen molar-refractivity contribution in [3.8, 4) is 0 Å². The number of nitrogens with zero attached hydrogens (tertiary/aromatic N) is 1. The van der Waals surface area contributed by atoms with E-state index < -0.39 is 0 Å². The number of carbonyl (C=O) groups excluding carboxylic acids is 1. The van der Waals surface area contributed by atoms with Gasteiger partial charge < -0.3 is 10.6 Å². The molecule has 0 saturated heterocycles. The van der Waals surface area contributed by atoms with Crippen LogP contribution < -0.4 is 5.73 Å². The van der Waals surface area contributed by atoms with Crippen LogP contribution in [0.1, 0.15) is 32.3 Å². The van der Waals surface area contributed by atoms with Gasteiger partial charge >= 0.3 is 0 Å². The summed E-state index contributed by atoms with van der Waals surface area (Å²) in [6.45, 7) is 5.13. The largest absolute Gasteiger partial charge is 0.339 e. The number of hydrogen-bond donors (Lipinski definition) is 1. The standard InChI is InChI=1S/C14H21ClN2O/c1-3-17(14(18)9-8-11(2)16)10-12-6-4-5-7-13(12)15/h4-7,11H,3,8-10,16H2,1-2H3. The van der Waals surface area contributed by atoms with Crippen molar-refractivity contribution in [1.82, 2.24) is 4.90 Å². The van der Waals surface area contributed by atoms with E-state index in [1.807, 2.05) is 43.0 Å². The van der Waals surface area contributed by atoms with Crippen LogP contribution in [-0.2, 0) is 11.3 Å². The quantitative estimate of drug-likeness (QED) is 0.862. The molecule has 1 rings (SSSR count).